The second-order valence-electron chi connectivity index (χ2n) is 6.02. The minimum Gasteiger partial charge on any atom is -0.493 e. The molecule has 0 aliphatic carbocycles. The van der Waals surface area contributed by atoms with Crippen LogP contribution in [0.5, 0.6) is 5.75 Å². The van der Waals surface area contributed by atoms with Crippen molar-refractivity contribution in [2.75, 3.05) is 26.2 Å². The molecule has 1 fully saturated rings. The van der Waals surface area contributed by atoms with Crippen LogP contribution in [0.4, 0.5) is 0 Å². The molecule has 1 atom stereocenters. The van der Waals surface area contributed by atoms with Gasteiger partial charge in [-0.2, -0.15) is 0 Å². The molecule has 21 heavy (non-hydrogen) atoms. The van der Waals surface area contributed by atoms with Crippen molar-refractivity contribution in [2.24, 2.45) is 0 Å². The Hall–Kier alpha value is -1.55. The first kappa shape index (κ1) is 15.8. The lowest BCUT2D eigenvalue weighted by molar-refractivity contribution is -0.132. The number of carbonyl (C=O) groups is 1. The number of amides is 1. The third-order valence-electron chi connectivity index (χ3n) is 3.85. The highest BCUT2D eigenvalue weighted by Crippen LogP contribution is 2.18. The summed E-state index contributed by atoms with van der Waals surface area (Å²) in [5.41, 5.74) is 1.30. The van der Waals surface area contributed by atoms with Gasteiger partial charge in [0, 0.05) is 25.7 Å². The molecule has 1 unspecified atom stereocenters. The van der Waals surface area contributed by atoms with Crippen LogP contribution in [0.1, 0.15) is 38.7 Å². The highest BCUT2D eigenvalue weighted by atomic mass is 16.5. The van der Waals surface area contributed by atoms with E-state index in [2.05, 4.69) is 38.2 Å². The van der Waals surface area contributed by atoms with Gasteiger partial charge in [0.1, 0.15) is 5.75 Å². The second-order valence-corrected chi connectivity index (χ2v) is 6.02. The zero-order valence-electron chi connectivity index (χ0n) is 13.3. The molecule has 4 heteroatoms. The SMILES string of the molecule is CC1CN(C(=O)CCOc2ccc(C(C)C)cc2)CCN1. The molecule has 0 spiro atoms. The van der Waals surface area contributed by atoms with Crippen LogP contribution < -0.4 is 10.1 Å². The fourth-order valence-corrected chi connectivity index (χ4v) is 2.52. The Balaban J connectivity index is 1.74. The van der Waals surface area contributed by atoms with Crippen LogP contribution in [0, 0.1) is 0 Å². The van der Waals surface area contributed by atoms with E-state index in [4.69, 9.17) is 4.74 Å². The fourth-order valence-electron chi connectivity index (χ4n) is 2.52. The number of hydrogen-bond donors (Lipinski definition) is 1. The largest absolute Gasteiger partial charge is 0.493 e. The van der Waals surface area contributed by atoms with E-state index in [9.17, 15) is 4.79 Å². The Kier molecular flexibility index (Phi) is 5.62. The molecule has 1 N–H and O–H groups in total. The molecule has 1 aliphatic rings. The number of hydrogen-bond acceptors (Lipinski definition) is 3. The molecular weight excluding hydrogens is 264 g/mol. The minimum atomic E-state index is 0.183. The van der Waals surface area contributed by atoms with Crippen LogP contribution in [-0.4, -0.2) is 43.1 Å². The summed E-state index contributed by atoms with van der Waals surface area (Å²) in [5.74, 6) is 1.54. The zero-order chi connectivity index (χ0) is 15.2. The van der Waals surface area contributed by atoms with Gasteiger partial charge in [-0.1, -0.05) is 26.0 Å². The molecule has 1 saturated heterocycles. The van der Waals surface area contributed by atoms with Crippen molar-refractivity contribution >= 4 is 5.91 Å². The van der Waals surface area contributed by atoms with E-state index in [1.165, 1.54) is 5.56 Å². The summed E-state index contributed by atoms with van der Waals surface area (Å²) in [6.07, 6.45) is 0.443. The first-order valence-corrected chi connectivity index (χ1v) is 7.80. The predicted molar refractivity (Wildman–Crippen MR) is 84.7 cm³/mol. The van der Waals surface area contributed by atoms with Crippen molar-refractivity contribution in [3.63, 3.8) is 0 Å². The molecule has 0 aromatic heterocycles. The zero-order valence-corrected chi connectivity index (χ0v) is 13.3. The molecule has 0 radical (unpaired) electrons. The molecule has 1 heterocycles. The molecule has 2 rings (SSSR count). The molecular formula is C17H26N2O2. The highest BCUT2D eigenvalue weighted by molar-refractivity contribution is 5.76. The van der Waals surface area contributed by atoms with Crippen LogP contribution in [0.25, 0.3) is 0 Å². The fraction of sp³-hybridized carbons (Fsp3) is 0.588. The smallest absolute Gasteiger partial charge is 0.226 e. The van der Waals surface area contributed by atoms with Crippen molar-refractivity contribution in [1.29, 1.82) is 0 Å². The standard InChI is InChI=1S/C17H26N2O2/c1-13(2)15-4-6-16(7-5-15)21-11-8-17(20)19-10-9-18-14(3)12-19/h4-7,13-14,18H,8-12H2,1-3H3. The van der Waals surface area contributed by atoms with Gasteiger partial charge in [0.25, 0.3) is 0 Å². The number of piperazine rings is 1. The summed E-state index contributed by atoms with van der Waals surface area (Å²) in [6, 6.07) is 8.51. The van der Waals surface area contributed by atoms with Gasteiger partial charge in [0.15, 0.2) is 0 Å². The summed E-state index contributed by atoms with van der Waals surface area (Å²) in [4.78, 5) is 14.0. The number of nitrogens with one attached hydrogen (secondary N) is 1. The van der Waals surface area contributed by atoms with Crippen molar-refractivity contribution < 1.29 is 9.53 Å². The summed E-state index contributed by atoms with van der Waals surface area (Å²) < 4.78 is 5.67. The Bertz CT molecular complexity index is 456. The lowest BCUT2D eigenvalue weighted by Crippen LogP contribution is -2.51. The van der Waals surface area contributed by atoms with Gasteiger partial charge in [0.2, 0.25) is 5.91 Å². The molecule has 1 amide bonds. The van der Waals surface area contributed by atoms with Crippen LogP contribution >= 0.6 is 0 Å². The van der Waals surface area contributed by atoms with Crippen molar-refractivity contribution in [3.05, 3.63) is 29.8 Å². The average molecular weight is 290 g/mol. The number of ether oxygens (including phenoxy) is 1. The van der Waals surface area contributed by atoms with E-state index in [-0.39, 0.29) is 5.91 Å². The molecule has 116 valence electrons. The van der Waals surface area contributed by atoms with Crippen molar-refractivity contribution in [1.82, 2.24) is 10.2 Å². The molecule has 0 saturated carbocycles. The maximum atomic E-state index is 12.1. The second kappa shape index (κ2) is 7.46. The molecule has 1 aliphatic heterocycles. The lowest BCUT2D eigenvalue weighted by Gasteiger charge is -2.31. The van der Waals surface area contributed by atoms with Gasteiger partial charge >= 0.3 is 0 Å². The van der Waals surface area contributed by atoms with E-state index in [1.807, 2.05) is 17.0 Å². The summed E-state index contributed by atoms with van der Waals surface area (Å²) >= 11 is 0. The third kappa shape index (κ3) is 4.74. The summed E-state index contributed by atoms with van der Waals surface area (Å²) in [6.45, 7) is 9.36. The maximum absolute atomic E-state index is 12.1. The van der Waals surface area contributed by atoms with E-state index < -0.39 is 0 Å². The Morgan fingerprint density at radius 1 is 1.38 bits per heavy atom. The minimum absolute atomic E-state index is 0.183. The van der Waals surface area contributed by atoms with E-state index in [1.54, 1.807) is 0 Å². The first-order chi connectivity index (χ1) is 10.1. The van der Waals surface area contributed by atoms with Gasteiger partial charge in [-0.25, -0.2) is 0 Å². The van der Waals surface area contributed by atoms with Gasteiger partial charge in [-0.15, -0.1) is 0 Å². The molecule has 1 aromatic carbocycles. The maximum Gasteiger partial charge on any atom is 0.226 e. The van der Waals surface area contributed by atoms with Gasteiger partial charge in [-0.05, 0) is 30.5 Å². The topological polar surface area (TPSA) is 41.6 Å². The number of nitrogens with zero attached hydrogens (tertiary/aromatic N) is 1. The number of benzene rings is 1. The van der Waals surface area contributed by atoms with Crippen molar-refractivity contribution in [2.45, 2.75) is 39.2 Å². The Labute approximate surface area is 127 Å². The quantitative estimate of drug-likeness (QED) is 0.905. The monoisotopic (exact) mass is 290 g/mol. The normalized spacial score (nSPS) is 18.9. The van der Waals surface area contributed by atoms with E-state index in [0.717, 1.165) is 25.4 Å². The van der Waals surface area contributed by atoms with Crippen LogP contribution in [0.15, 0.2) is 24.3 Å². The lowest BCUT2D eigenvalue weighted by atomic mass is 10.0. The Morgan fingerprint density at radius 2 is 2.10 bits per heavy atom. The number of rotatable bonds is 5. The predicted octanol–water partition coefficient (Wildman–Crippen LogP) is 2.40. The van der Waals surface area contributed by atoms with E-state index >= 15 is 0 Å². The third-order valence-corrected chi connectivity index (χ3v) is 3.85. The van der Waals surface area contributed by atoms with Crippen LogP contribution in [-0.2, 0) is 4.79 Å². The van der Waals surface area contributed by atoms with Crippen molar-refractivity contribution in [3.8, 4) is 5.75 Å². The van der Waals surface area contributed by atoms with Gasteiger partial charge in [0.05, 0.1) is 13.0 Å². The van der Waals surface area contributed by atoms with Crippen LogP contribution in [0.3, 0.4) is 0 Å². The Morgan fingerprint density at radius 3 is 2.71 bits per heavy atom. The van der Waals surface area contributed by atoms with Gasteiger partial charge < -0.3 is 15.0 Å². The highest BCUT2D eigenvalue weighted by Gasteiger charge is 2.19. The van der Waals surface area contributed by atoms with Gasteiger partial charge in [-0.3, -0.25) is 4.79 Å². The summed E-state index contributed by atoms with van der Waals surface area (Å²) in [7, 11) is 0. The molecule has 0 bridgehead atoms. The average Bonchev–Trinajstić information content (AvgIpc) is 2.47. The summed E-state index contributed by atoms with van der Waals surface area (Å²) in [5, 5.41) is 3.34. The molecule has 1 aromatic rings. The first-order valence-electron chi connectivity index (χ1n) is 7.80. The van der Waals surface area contributed by atoms with Crippen LogP contribution in [0.2, 0.25) is 0 Å². The van der Waals surface area contributed by atoms with E-state index in [0.29, 0.717) is 25.0 Å². The number of carbonyl (C=O) groups excluding carboxylic acids is 1. The molecule has 4 nitrogen and oxygen atoms in total.